The Kier molecular flexibility index (Phi) is 4.92. The highest BCUT2D eigenvalue weighted by Crippen LogP contribution is 2.30. The van der Waals surface area contributed by atoms with E-state index < -0.39 is 0 Å². The molecule has 0 aliphatic carbocycles. The third kappa shape index (κ3) is 3.60. The van der Waals surface area contributed by atoms with Crippen LogP contribution in [-0.2, 0) is 17.9 Å². The van der Waals surface area contributed by atoms with E-state index in [2.05, 4.69) is 30.3 Å². The lowest BCUT2D eigenvalue weighted by molar-refractivity contribution is -0.140. The maximum absolute atomic E-state index is 12.9. The Labute approximate surface area is 153 Å². The van der Waals surface area contributed by atoms with Crippen molar-refractivity contribution >= 4 is 5.91 Å². The van der Waals surface area contributed by atoms with Gasteiger partial charge in [-0.05, 0) is 48.7 Å². The van der Waals surface area contributed by atoms with Gasteiger partial charge in [-0.15, -0.1) is 5.10 Å². The molecule has 0 N–H and O–H groups in total. The second-order valence-corrected chi connectivity index (χ2v) is 7.28. The van der Waals surface area contributed by atoms with Crippen LogP contribution in [0.5, 0.6) is 0 Å². The third-order valence-electron chi connectivity index (χ3n) is 5.48. The van der Waals surface area contributed by atoms with Gasteiger partial charge >= 0.3 is 0 Å². The lowest BCUT2D eigenvalue weighted by Gasteiger charge is -2.35. The van der Waals surface area contributed by atoms with Crippen LogP contribution in [0.15, 0.2) is 24.4 Å². The minimum atomic E-state index is 0.118. The van der Waals surface area contributed by atoms with Crippen LogP contribution in [0.25, 0.3) is 0 Å². The van der Waals surface area contributed by atoms with Crippen molar-refractivity contribution in [1.29, 1.82) is 0 Å². The summed E-state index contributed by atoms with van der Waals surface area (Å²) in [6.45, 7) is 6.14. The number of aryl methyl sites for hydroxylation is 2. The predicted molar refractivity (Wildman–Crippen MR) is 94.9 cm³/mol. The number of amides is 1. The molecule has 8 nitrogen and oxygen atoms in total. The first-order valence-corrected chi connectivity index (χ1v) is 9.36. The number of pyridine rings is 1. The molecule has 3 saturated heterocycles. The highest BCUT2D eigenvalue weighted by molar-refractivity contribution is 5.80. The molecule has 0 radical (unpaired) electrons. The summed E-state index contributed by atoms with van der Waals surface area (Å²) in [7, 11) is 0. The smallest absolute Gasteiger partial charge is 0.227 e. The fourth-order valence-electron chi connectivity index (χ4n) is 4.09. The molecule has 8 heteroatoms. The maximum atomic E-state index is 12.9. The van der Waals surface area contributed by atoms with Crippen molar-refractivity contribution in [2.45, 2.75) is 45.3 Å². The maximum Gasteiger partial charge on any atom is 0.227 e. The second kappa shape index (κ2) is 7.49. The zero-order valence-electron chi connectivity index (χ0n) is 15.2. The molecule has 2 atom stereocenters. The Morgan fingerprint density at radius 3 is 2.88 bits per heavy atom. The summed E-state index contributed by atoms with van der Waals surface area (Å²) in [6, 6.07) is 6.18. The molecule has 1 amide bonds. The van der Waals surface area contributed by atoms with Crippen molar-refractivity contribution in [1.82, 2.24) is 35.0 Å². The van der Waals surface area contributed by atoms with Crippen LogP contribution < -0.4 is 0 Å². The molecular formula is C18H25N7O. The Balaban J connectivity index is 1.37. The van der Waals surface area contributed by atoms with Gasteiger partial charge in [-0.25, -0.2) is 4.68 Å². The van der Waals surface area contributed by atoms with E-state index in [-0.39, 0.29) is 12.0 Å². The van der Waals surface area contributed by atoms with Crippen molar-refractivity contribution in [2.75, 3.05) is 19.6 Å². The fraction of sp³-hybridized carbons (Fsp3) is 0.611. The van der Waals surface area contributed by atoms with E-state index in [0.29, 0.717) is 12.5 Å². The van der Waals surface area contributed by atoms with Gasteiger partial charge in [0.1, 0.15) is 5.82 Å². The molecule has 0 spiro atoms. The number of nitrogens with zero attached hydrogens (tertiary/aromatic N) is 7. The van der Waals surface area contributed by atoms with Gasteiger partial charge in [0, 0.05) is 38.4 Å². The molecule has 2 aromatic heterocycles. The Bertz CT molecular complexity index is 747. The zero-order valence-corrected chi connectivity index (χ0v) is 15.2. The summed E-state index contributed by atoms with van der Waals surface area (Å²) < 4.78 is 1.84. The predicted octanol–water partition coefficient (Wildman–Crippen LogP) is 0.890. The lowest BCUT2D eigenvalue weighted by Crippen LogP contribution is -2.47. The van der Waals surface area contributed by atoms with Gasteiger partial charge in [-0.1, -0.05) is 6.07 Å². The van der Waals surface area contributed by atoms with Crippen molar-refractivity contribution < 1.29 is 4.79 Å². The van der Waals surface area contributed by atoms with Gasteiger partial charge in [0.25, 0.3) is 0 Å². The Morgan fingerprint density at radius 1 is 1.19 bits per heavy atom. The van der Waals surface area contributed by atoms with Gasteiger partial charge in [-0.2, -0.15) is 0 Å². The fourth-order valence-corrected chi connectivity index (χ4v) is 4.09. The van der Waals surface area contributed by atoms with Gasteiger partial charge in [0.15, 0.2) is 0 Å². The molecule has 0 unspecified atom stereocenters. The van der Waals surface area contributed by atoms with Crippen LogP contribution in [0.3, 0.4) is 0 Å². The molecule has 2 bridgehead atoms. The standard InChI is InChI=1S/C18H25N7O/c1-14-20-21-22-25(14)10-4-9-23-11-15-6-7-17(13-23)24(18(15)26)12-16-5-2-3-8-19-16/h2-3,5,8,15,17H,4,6-7,9-13H2,1H3/t15-,17+/m0/s1. The Hall–Kier alpha value is -2.35. The quantitative estimate of drug-likeness (QED) is 0.766. The number of hydrogen-bond acceptors (Lipinski definition) is 6. The number of fused-ring (bicyclic) bond motifs is 4. The van der Waals surface area contributed by atoms with Crippen LogP contribution in [0, 0.1) is 12.8 Å². The third-order valence-corrected chi connectivity index (χ3v) is 5.48. The molecular weight excluding hydrogens is 330 g/mol. The van der Waals surface area contributed by atoms with E-state index in [0.717, 1.165) is 57.0 Å². The number of tetrazole rings is 1. The molecule has 5 heterocycles. The van der Waals surface area contributed by atoms with Gasteiger partial charge < -0.3 is 9.80 Å². The molecule has 26 heavy (non-hydrogen) atoms. The Morgan fingerprint density at radius 2 is 2.12 bits per heavy atom. The number of rotatable bonds is 6. The number of carbonyl (C=O) groups is 1. The topological polar surface area (TPSA) is 80.0 Å². The van der Waals surface area contributed by atoms with Crippen LogP contribution in [0.4, 0.5) is 0 Å². The van der Waals surface area contributed by atoms with Crippen molar-refractivity contribution in [3.63, 3.8) is 0 Å². The monoisotopic (exact) mass is 355 g/mol. The molecule has 3 fully saturated rings. The largest absolute Gasteiger partial charge is 0.332 e. The van der Waals surface area contributed by atoms with Crippen molar-refractivity contribution in [2.24, 2.45) is 5.92 Å². The first kappa shape index (κ1) is 17.1. The number of piperidine rings is 1. The van der Waals surface area contributed by atoms with Crippen LogP contribution in [0.1, 0.15) is 30.8 Å². The number of hydrogen-bond donors (Lipinski definition) is 0. The van der Waals surface area contributed by atoms with E-state index in [1.54, 1.807) is 6.20 Å². The van der Waals surface area contributed by atoms with E-state index in [9.17, 15) is 4.79 Å². The van der Waals surface area contributed by atoms with Crippen LogP contribution >= 0.6 is 0 Å². The summed E-state index contributed by atoms with van der Waals surface area (Å²) >= 11 is 0. The van der Waals surface area contributed by atoms with Crippen LogP contribution in [0.2, 0.25) is 0 Å². The second-order valence-electron chi connectivity index (χ2n) is 7.28. The molecule has 138 valence electrons. The molecule has 0 saturated carbocycles. The minimum absolute atomic E-state index is 0.118. The summed E-state index contributed by atoms with van der Waals surface area (Å²) in [4.78, 5) is 21.8. The molecule has 5 rings (SSSR count). The first-order valence-electron chi connectivity index (χ1n) is 9.36. The summed E-state index contributed by atoms with van der Waals surface area (Å²) in [6.07, 6.45) is 4.87. The molecule has 0 aromatic carbocycles. The average Bonchev–Trinajstić information content (AvgIpc) is 2.88. The number of carbonyl (C=O) groups excluding carboxylic acids is 1. The van der Waals surface area contributed by atoms with Crippen molar-refractivity contribution in [3.05, 3.63) is 35.9 Å². The average molecular weight is 355 g/mol. The van der Waals surface area contributed by atoms with E-state index in [1.165, 1.54) is 0 Å². The van der Waals surface area contributed by atoms with E-state index >= 15 is 0 Å². The van der Waals surface area contributed by atoms with Gasteiger partial charge in [0.05, 0.1) is 18.2 Å². The van der Waals surface area contributed by atoms with E-state index in [1.807, 2.05) is 29.8 Å². The zero-order chi connectivity index (χ0) is 17.9. The minimum Gasteiger partial charge on any atom is -0.332 e. The van der Waals surface area contributed by atoms with E-state index in [4.69, 9.17) is 0 Å². The summed E-state index contributed by atoms with van der Waals surface area (Å²) in [5.74, 6) is 1.26. The van der Waals surface area contributed by atoms with Crippen molar-refractivity contribution in [3.8, 4) is 0 Å². The first-order chi connectivity index (χ1) is 12.7. The normalized spacial score (nSPS) is 23.4. The number of aromatic nitrogens is 5. The van der Waals surface area contributed by atoms with Gasteiger partial charge in [-0.3, -0.25) is 9.78 Å². The lowest BCUT2D eigenvalue weighted by atomic mass is 9.94. The highest BCUT2D eigenvalue weighted by atomic mass is 16.2. The summed E-state index contributed by atoms with van der Waals surface area (Å²) in [5.41, 5.74) is 0.967. The molecule has 2 aromatic rings. The summed E-state index contributed by atoms with van der Waals surface area (Å²) in [5, 5.41) is 11.6. The molecule has 3 aliphatic heterocycles. The highest BCUT2D eigenvalue weighted by Gasteiger charge is 2.40. The van der Waals surface area contributed by atoms with Crippen LogP contribution in [-0.4, -0.2) is 66.6 Å². The SMILES string of the molecule is Cc1nnnn1CCCN1C[C@@H]2CC[C@H](C1)N(Cc1ccccn1)C2=O. The van der Waals surface area contributed by atoms with Gasteiger partial charge in [0.2, 0.25) is 5.91 Å². The molecule has 3 aliphatic rings.